The summed E-state index contributed by atoms with van der Waals surface area (Å²) < 4.78 is 47.2. The topological polar surface area (TPSA) is 212 Å². The van der Waals surface area contributed by atoms with Gasteiger partial charge in [-0.05, 0) is 38.5 Å². The van der Waals surface area contributed by atoms with Crippen molar-refractivity contribution in [3.8, 4) is 0 Å². The van der Waals surface area contributed by atoms with E-state index in [4.69, 9.17) is 14.0 Å². The summed E-state index contributed by atoms with van der Waals surface area (Å²) in [6, 6.07) is -1.03. The van der Waals surface area contributed by atoms with Crippen molar-refractivity contribution in [2.75, 3.05) is 13.2 Å². The van der Waals surface area contributed by atoms with Gasteiger partial charge < -0.3 is 40.3 Å². The fraction of sp³-hybridized carbons (Fsp3) is 0.923. The summed E-state index contributed by atoms with van der Waals surface area (Å²) in [7, 11) is -5.10. The molecule has 0 saturated carbocycles. The monoisotopic (exact) mass is 782 g/mol. The first-order valence-corrected chi connectivity index (χ1v) is 22.0. The third-order valence-electron chi connectivity index (χ3n) is 9.93. The second-order valence-corrected chi connectivity index (χ2v) is 15.8. The number of allylic oxidation sites excluding steroid dienone is 2. The molecule has 1 amide bonds. The molecule has 0 aliphatic carbocycles. The van der Waals surface area contributed by atoms with Crippen LogP contribution in [0.3, 0.4) is 0 Å². The van der Waals surface area contributed by atoms with E-state index in [1.165, 1.54) is 57.8 Å². The first-order valence-electron chi connectivity index (χ1n) is 20.7. The summed E-state index contributed by atoms with van der Waals surface area (Å²) in [6.07, 6.45) is 18.9. The summed E-state index contributed by atoms with van der Waals surface area (Å²) in [5.41, 5.74) is 0. The smallest absolute Gasteiger partial charge is 0.394 e. The van der Waals surface area contributed by atoms with Crippen LogP contribution in [0.25, 0.3) is 0 Å². The maximum absolute atomic E-state index is 13.0. The van der Waals surface area contributed by atoms with Gasteiger partial charge in [0.25, 0.3) is 0 Å². The van der Waals surface area contributed by atoms with Crippen LogP contribution in [-0.4, -0.2) is 107 Å². The molecular weight excluding hydrogens is 706 g/mol. The second-order valence-electron chi connectivity index (χ2n) is 14.7. The molecule has 53 heavy (non-hydrogen) atoms. The number of hydrogen-bond acceptors (Lipinski definition) is 11. The van der Waals surface area contributed by atoms with Gasteiger partial charge in [0, 0.05) is 0 Å². The van der Waals surface area contributed by atoms with E-state index in [0.29, 0.717) is 19.3 Å². The lowest BCUT2D eigenvalue weighted by molar-refractivity contribution is -0.298. The Morgan fingerprint density at radius 1 is 0.736 bits per heavy atom. The Morgan fingerprint density at radius 2 is 1.21 bits per heavy atom. The summed E-state index contributed by atoms with van der Waals surface area (Å²) in [5.74, 6) is -0.680. The van der Waals surface area contributed by atoms with Gasteiger partial charge in [-0.2, -0.15) is 8.42 Å². The summed E-state index contributed by atoms with van der Waals surface area (Å²) in [4.78, 5) is 13.0. The minimum absolute atomic E-state index is 0.254. The number of hydrogen-bond donors (Lipinski definition) is 7. The van der Waals surface area contributed by atoms with Crippen LogP contribution in [0.2, 0.25) is 0 Å². The number of rotatable bonds is 34. The number of carbonyl (C=O) groups excluding carboxylic acids is 1. The minimum Gasteiger partial charge on any atom is -0.394 e. The van der Waals surface area contributed by atoms with E-state index in [1.54, 1.807) is 0 Å². The van der Waals surface area contributed by atoms with Crippen molar-refractivity contribution in [2.24, 2.45) is 0 Å². The molecule has 7 N–H and O–H groups in total. The third-order valence-corrected chi connectivity index (χ3v) is 10.4. The minimum atomic E-state index is -5.10. The SMILES string of the molecule is CCCCCCCCCC/C=C\CCCCCCCCC(O)C(=O)NC(COC1OC(CO)C(O)C(OS(=O)(=O)O)C1O)C(O)CCCCCCCC. The molecule has 0 bridgehead atoms. The number of unbranched alkanes of at least 4 members (excludes halogenated alkanes) is 19. The first-order chi connectivity index (χ1) is 25.4. The first kappa shape index (κ1) is 49.8. The van der Waals surface area contributed by atoms with Crippen LogP contribution in [0, 0.1) is 0 Å². The van der Waals surface area contributed by atoms with Crippen molar-refractivity contribution in [3.05, 3.63) is 12.2 Å². The lowest BCUT2D eigenvalue weighted by Crippen LogP contribution is -2.61. The van der Waals surface area contributed by atoms with E-state index in [0.717, 1.165) is 70.6 Å². The van der Waals surface area contributed by atoms with Crippen LogP contribution < -0.4 is 5.32 Å². The van der Waals surface area contributed by atoms with Gasteiger partial charge in [-0.25, -0.2) is 4.18 Å². The van der Waals surface area contributed by atoms with Gasteiger partial charge in [0.1, 0.15) is 30.5 Å². The highest BCUT2D eigenvalue weighted by molar-refractivity contribution is 7.80. The molecule has 1 rings (SSSR count). The van der Waals surface area contributed by atoms with E-state index >= 15 is 0 Å². The van der Waals surface area contributed by atoms with E-state index in [2.05, 4.69) is 35.5 Å². The molecule has 314 valence electrons. The van der Waals surface area contributed by atoms with E-state index in [1.807, 2.05) is 0 Å². The van der Waals surface area contributed by atoms with Gasteiger partial charge in [-0.15, -0.1) is 0 Å². The van der Waals surface area contributed by atoms with E-state index in [9.17, 15) is 38.7 Å². The molecule has 1 heterocycles. The highest BCUT2D eigenvalue weighted by Crippen LogP contribution is 2.26. The van der Waals surface area contributed by atoms with E-state index < -0.39 is 78.5 Å². The largest absolute Gasteiger partial charge is 0.397 e. The highest BCUT2D eigenvalue weighted by Gasteiger charge is 2.48. The van der Waals surface area contributed by atoms with Crippen LogP contribution in [0.5, 0.6) is 0 Å². The average molecular weight is 782 g/mol. The van der Waals surface area contributed by atoms with Crippen LogP contribution >= 0.6 is 0 Å². The van der Waals surface area contributed by atoms with Crippen LogP contribution in [0.1, 0.15) is 168 Å². The molecule has 8 atom stereocenters. The molecule has 8 unspecified atom stereocenters. The van der Waals surface area contributed by atoms with Gasteiger partial charge in [0.15, 0.2) is 6.29 Å². The lowest BCUT2D eigenvalue weighted by atomic mass is 9.99. The zero-order chi connectivity index (χ0) is 39.3. The van der Waals surface area contributed by atoms with Gasteiger partial charge in [-0.3, -0.25) is 9.35 Å². The summed E-state index contributed by atoms with van der Waals surface area (Å²) >= 11 is 0. The number of ether oxygens (including phenoxy) is 2. The Kier molecular flexibility index (Phi) is 29.1. The zero-order valence-electron chi connectivity index (χ0n) is 32.7. The molecule has 1 aliphatic rings. The Morgan fingerprint density at radius 3 is 1.70 bits per heavy atom. The molecule has 0 radical (unpaired) electrons. The Hall–Kier alpha value is -1.20. The molecule has 0 aromatic heterocycles. The molecule has 1 aliphatic heterocycles. The predicted octanol–water partition coefficient (Wildman–Crippen LogP) is 5.80. The van der Waals surface area contributed by atoms with Crippen LogP contribution in [-0.2, 0) is 28.9 Å². The van der Waals surface area contributed by atoms with Gasteiger partial charge >= 0.3 is 10.4 Å². The Labute approximate surface area is 320 Å². The second kappa shape index (κ2) is 31.0. The normalized spacial score (nSPS) is 22.6. The molecule has 0 aromatic rings. The zero-order valence-corrected chi connectivity index (χ0v) is 33.5. The summed E-state index contributed by atoms with van der Waals surface area (Å²) in [6.45, 7) is 3.17. The van der Waals surface area contributed by atoms with Crippen LogP contribution in [0.15, 0.2) is 12.2 Å². The predicted molar refractivity (Wildman–Crippen MR) is 205 cm³/mol. The standard InChI is InChI=1S/C39H75NO12S/c1-3-5-7-9-11-12-13-14-15-16-17-18-19-20-21-22-24-26-28-33(43)38(46)40-31(32(42)27-25-23-10-8-6-4-2)30-50-39-36(45)37(52-53(47,48)49)35(44)34(29-41)51-39/h16-17,31-37,39,41-45H,3-15,18-30H2,1-2H3,(H,40,46)(H,47,48,49)/b17-16-. The molecule has 14 heteroatoms. The number of aliphatic hydroxyl groups is 5. The molecule has 1 saturated heterocycles. The number of nitrogens with one attached hydrogen (secondary N) is 1. The Balaban J connectivity index is 2.49. The highest BCUT2D eigenvalue weighted by atomic mass is 32.3. The van der Waals surface area contributed by atoms with Gasteiger partial charge in [-0.1, -0.05) is 142 Å². The summed E-state index contributed by atoms with van der Waals surface area (Å²) in [5, 5.41) is 54.8. The maximum atomic E-state index is 13.0. The van der Waals surface area contributed by atoms with Crippen molar-refractivity contribution in [1.29, 1.82) is 0 Å². The van der Waals surface area contributed by atoms with Crippen molar-refractivity contribution in [1.82, 2.24) is 5.32 Å². The van der Waals surface area contributed by atoms with E-state index in [-0.39, 0.29) is 6.42 Å². The van der Waals surface area contributed by atoms with Crippen molar-refractivity contribution < 1.29 is 57.0 Å². The van der Waals surface area contributed by atoms with Crippen LogP contribution in [0.4, 0.5) is 0 Å². The quantitative estimate of drug-likeness (QED) is 0.0235. The lowest BCUT2D eigenvalue weighted by Gasteiger charge is -2.41. The molecular formula is C39H75NO12S. The van der Waals surface area contributed by atoms with Crippen molar-refractivity contribution in [3.63, 3.8) is 0 Å². The maximum Gasteiger partial charge on any atom is 0.397 e. The Bertz CT molecular complexity index is 1030. The number of aliphatic hydroxyl groups excluding tert-OH is 5. The number of carbonyl (C=O) groups is 1. The molecule has 1 fully saturated rings. The van der Waals surface area contributed by atoms with Crippen molar-refractivity contribution >= 4 is 16.3 Å². The van der Waals surface area contributed by atoms with Gasteiger partial charge in [0.2, 0.25) is 5.91 Å². The fourth-order valence-corrected chi connectivity index (χ4v) is 7.08. The third kappa shape index (κ3) is 24.1. The molecule has 0 spiro atoms. The molecule has 13 nitrogen and oxygen atoms in total. The van der Waals surface area contributed by atoms with Gasteiger partial charge in [0.05, 0.1) is 25.4 Å². The average Bonchev–Trinajstić information content (AvgIpc) is 3.12. The molecule has 0 aromatic carbocycles. The fourth-order valence-electron chi connectivity index (χ4n) is 6.58. The number of amides is 1. The van der Waals surface area contributed by atoms with Crippen molar-refractivity contribution in [2.45, 2.75) is 217 Å².